The van der Waals surface area contributed by atoms with E-state index in [1.54, 1.807) is 21.3 Å². The van der Waals surface area contributed by atoms with Gasteiger partial charge in [-0.15, -0.1) is 0 Å². The number of carbonyl (C=O) groups excluding carboxylic acids is 1. The highest BCUT2D eigenvalue weighted by molar-refractivity contribution is 5.70. The van der Waals surface area contributed by atoms with E-state index in [0.717, 1.165) is 31.4 Å². The molecule has 1 aromatic carbocycles. The van der Waals surface area contributed by atoms with Gasteiger partial charge in [0.15, 0.2) is 11.5 Å². The largest absolute Gasteiger partial charge is 0.493 e. The highest BCUT2D eigenvalue weighted by Crippen LogP contribution is 2.38. The van der Waals surface area contributed by atoms with Crippen molar-refractivity contribution in [3.63, 3.8) is 0 Å². The average molecular weight is 379 g/mol. The number of benzene rings is 1. The van der Waals surface area contributed by atoms with Gasteiger partial charge >= 0.3 is 5.97 Å². The predicted molar refractivity (Wildman–Crippen MR) is 105 cm³/mol. The summed E-state index contributed by atoms with van der Waals surface area (Å²) in [4.78, 5) is 14.6. The Bertz CT molecular complexity index is 592. The van der Waals surface area contributed by atoms with Crippen LogP contribution in [0.25, 0.3) is 0 Å². The fraction of sp³-hybridized carbons (Fsp3) is 0.667. The maximum Gasteiger partial charge on any atom is 0.306 e. The molecule has 0 radical (unpaired) electrons. The van der Waals surface area contributed by atoms with Crippen molar-refractivity contribution in [3.8, 4) is 17.2 Å². The number of aryl methyl sites for hydroxylation is 1. The van der Waals surface area contributed by atoms with Crippen molar-refractivity contribution in [2.45, 2.75) is 44.6 Å². The lowest BCUT2D eigenvalue weighted by Gasteiger charge is -2.33. The zero-order chi connectivity index (χ0) is 19.8. The zero-order valence-corrected chi connectivity index (χ0v) is 17.2. The Morgan fingerprint density at radius 3 is 2.22 bits per heavy atom. The lowest BCUT2D eigenvalue weighted by molar-refractivity contribution is -0.154. The molecule has 2 atom stereocenters. The first-order valence-corrected chi connectivity index (χ1v) is 9.61. The summed E-state index contributed by atoms with van der Waals surface area (Å²) in [7, 11) is 8.88. The minimum absolute atomic E-state index is 0.0357. The lowest BCUT2D eigenvalue weighted by atomic mass is 9.86. The molecule has 1 aromatic rings. The highest BCUT2D eigenvalue weighted by atomic mass is 16.5. The fourth-order valence-corrected chi connectivity index (χ4v) is 3.76. The number of nitrogens with zero attached hydrogens (tertiary/aromatic N) is 1. The summed E-state index contributed by atoms with van der Waals surface area (Å²) in [6.45, 7) is 0.963. The monoisotopic (exact) mass is 379 g/mol. The second-order valence-electron chi connectivity index (χ2n) is 7.37. The molecule has 152 valence electrons. The smallest absolute Gasteiger partial charge is 0.306 e. The molecule has 2 rings (SSSR count). The van der Waals surface area contributed by atoms with E-state index in [-0.39, 0.29) is 12.1 Å². The Balaban J connectivity index is 1.96. The number of carbonyl (C=O) groups is 1. The van der Waals surface area contributed by atoms with Gasteiger partial charge in [-0.05, 0) is 57.5 Å². The summed E-state index contributed by atoms with van der Waals surface area (Å²) in [5.41, 5.74) is 0.954. The van der Waals surface area contributed by atoms with E-state index in [1.807, 2.05) is 12.1 Å². The number of methoxy groups -OCH3 is 3. The van der Waals surface area contributed by atoms with Crippen LogP contribution in [0.2, 0.25) is 0 Å². The first-order chi connectivity index (χ1) is 13.0. The minimum atomic E-state index is -0.139. The minimum Gasteiger partial charge on any atom is -0.493 e. The van der Waals surface area contributed by atoms with Crippen molar-refractivity contribution >= 4 is 5.97 Å². The van der Waals surface area contributed by atoms with Crippen LogP contribution >= 0.6 is 0 Å². The normalized spacial score (nSPS) is 19.6. The Morgan fingerprint density at radius 2 is 1.67 bits per heavy atom. The molecule has 0 heterocycles. The molecule has 1 aliphatic rings. The van der Waals surface area contributed by atoms with Crippen LogP contribution in [0.3, 0.4) is 0 Å². The van der Waals surface area contributed by atoms with Crippen molar-refractivity contribution in [2.24, 2.45) is 5.92 Å². The first-order valence-electron chi connectivity index (χ1n) is 9.61. The van der Waals surface area contributed by atoms with Crippen molar-refractivity contribution < 1.29 is 23.7 Å². The second-order valence-corrected chi connectivity index (χ2v) is 7.37. The number of hydrogen-bond donors (Lipinski definition) is 0. The molecule has 1 aliphatic carbocycles. The molecular formula is C21H33NO5. The fourth-order valence-electron chi connectivity index (χ4n) is 3.76. The Labute approximate surface area is 162 Å². The molecule has 27 heavy (non-hydrogen) atoms. The van der Waals surface area contributed by atoms with Gasteiger partial charge in [0.1, 0.15) is 6.10 Å². The molecular weight excluding hydrogens is 346 g/mol. The topological polar surface area (TPSA) is 57.2 Å². The summed E-state index contributed by atoms with van der Waals surface area (Å²) in [6.07, 6.45) is 5.39. The van der Waals surface area contributed by atoms with Crippen LogP contribution in [0.15, 0.2) is 12.1 Å². The van der Waals surface area contributed by atoms with E-state index < -0.39 is 0 Å². The van der Waals surface area contributed by atoms with E-state index in [4.69, 9.17) is 18.9 Å². The second kappa shape index (κ2) is 10.4. The summed E-state index contributed by atoms with van der Waals surface area (Å²) in [5.74, 6) is 2.04. The molecule has 0 unspecified atom stereocenters. The molecule has 0 aromatic heterocycles. The zero-order valence-electron chi connectivity index (χ0n) is 17.2. The summed E-state index contributed by atoms with van der Waals surface area (Å²) in [5, 5.41) is 0. The third-order valence-electron chi connectivity index (χ3n) is 5.06. The molecule has 6 nitrogen and oxygen atoms in total. The van der Waals surface area contributed by atoms with Crippen molar-refractivity contribution in [1.29, 1.82) is 0 Å². The SMILES string of the molecule is COc1cc(CCC(=O)O[C@@H]2CCCC[C@H]2CN(C)C)cc(OC)c1OC. The van der Waals surface area contributed by atoms with Crippen LogP contribution in [0, 0.1) is 5.92 Å². The van der Waals surface area contributed by atoms with Crippen LogP contribution in [0.5, 0.6) is 17.2 Å². The molecule has 0 spiro atoms. The van der Waals surface area contributed by atoms with Crippen LogP contribution in [0.1, 0.15) is 37.7 Å². The highest BCUT2D eigenvalue weighted by Gasteiger charge is 2.28. The molecule has 0 bridgehead atoms. The Kier molecular flexibility index (Phi) is 8.23. The van der Waals surface area contributed by atoms with Crippen molar-refractivity contribution in [2.75, 3.05) is 42.0 Å². The maximum atomic E-state index is 12.4. The lowest BCUT2D eigenvalue weighted by Crippen LogP contribution is -2.36. The summed E-state index contributed by atoms with van der Waals surface area (Å²) >= 11 is 0. The maximum absolute atomic E-state index is 12.4. The van der Waals surface area contributed by atoms with Crippen LogP contribution < -0.4 is 14.2 Å². The van der Waals surface area contributed by atoms with Gasteiger partial charge in [0.05, 0.1) is 21.3 Å². The average Bonchev–Trinajstić information content (AvgIpc) is 2.66. The molecule has 0 saturated heterocycles. The van der Waals surface area contributed by atoms with Crippen LogP contribution in [-0.2, 0) is 16.0 Å². The molecule has 0 N–H and O–H groups in total. The van der Waals surface area contributed by atoms with Gasteiger partial charge < -0.3 is 23.8 Å². The van der Waals surface area contributed by atoms with Gasteiger partial charge in [0.2, 0.25) is 5.75 Å². The molecule has 0 aliphatic heterocycles. The van der Waals surface area contributed by atoms with Gasteiger partial charge in [-0.25, -0.2) is 0 Å². The van der Waals surface area contributed by atoms with Crippen LogP contribution in [-0.4, -0.2) is 58.9 Å². The molecule has 1 saturated carbocycles. The quantitative estimate of drug-likeness (QED) is 0.614. The standard InChI is InChI=1S/C21H33NO5/c1-22(2)14-16-8-6-7-9-17(16)27-20(23)11-10-15-12-18(24-3)21(26-5)19(13-15)25-4/h12-13,16-17H,6-11,14H2,1-5H3/t16-,17+/m0/s1. The Hall–Kier alpha value is -1.95. The van der Waals surface area contributed by atoms with Crippen molar-refractivity contribution in [3.05, 3.63) is 17.7 Å². The van der Waals surface area contributed by atoms with E-state index in [0.29, 0.717) is 36.0 Å². The number of ether oxygens (including phenoxy) is 4. The van der Waals surface area contributed by atoms with E-state index in [1.165, 1.54) is 6.42 Å². The van der Waals surface area contributed by atoms with Gasteiger partial charge in [0.25, 0.3) is 0 Å². The van der Waals surface area contributed by atoms with Gasteiger partial charge in [-0.2, -0.15) is 0 Å². The van der Waals surface area contributed by atoms with E-state index >= 15 is 0 Å². The third kappa shape index (κ3) is 6.03. The van der Waals surface area contributed by atoms with E-state index in [9.17, 15) is 4.79 Å². The Morgan fingerprint density at radius 1 is 1.04 bits per heavy atom. The third-order valence-corrected chi connectivity index (χ3v) is 5.06. The van der Waals surface area contributed by atoms with E-state index in [2.05, 4.69) is 19.0 Å². The predicted octanol–water partition coefficient (Wildman–Crippen LogP) is 3.31. The first kappa shape index (κ1) is 21.4. The molecule has 1 fully saturated rings. The summed E-state index contributed by atoms with van der Waals surface area (Å²) < 4.78 is 21.9. The number of hydrogen-bond acceptors (Lipinski definition) is 6. The van der Waals surface area contributed by atoms with Gasteiger partial charge in [-0.3, -0.25) is 4.79 Å². The number of rotatable bonds is 9. The van der Waals surface area contributed by atoms with Crippen LogP contribution in [0.4, 0.5) is 0 Å². The van der Waals surface area contributed by atoms with Gasteiger partial charge in [-0.1, -0.05) is 6.42 Å². The number of esters is 1. The van der Waals surface area contributed by atoms with Crippen molar-refractivity contribution in [1.82, 2.24) is 4.90 Å². The molecule has 6 heteroatoms. The molecule has 0 amide bonds. The summed E-state index contributed by atoms with van der Waals surface area (Å²) in [6, 6.07) is 3.76. The van der Waals surface area contributed by atoms with Gasteiger partial charge in [0, 0.05) is 18.9 Å².